The van der Waals surface area contributed by atoms with Gasteiger partial charge in [-0.25, -0.2) is 0 Å². The van der Waals surface area contributed by atoms with Crippen molar-refractivity contribution in [1.29, 1.82) is 0 Å². The van der Waals surface area contributed by atoms with E-state index in [-0.39, 0.29) is 41.2 Å². The first-order valence-corrected chi connectivity index (χ1v) is 15.3. The summed E-state index contributed by atoms with van der Waals surface area (Å²) in [7, 11) is 0. The summed E-state index contributed by atoms with van der Waals surface area (Å²) >= 11 is 6.34. The number of nitro benzene ring substituents is 1. The van der Waals surface area contributed by atoms with Gasteiger partial charge in [0.05, 0.1) is 21.7 Å². The van der Waals surface area contributed by atoms with E-state index in [1.807, 2.05) is 23.1 Å². The van der Waals surface area contributed by atoms with Crippen LogP contribution < -0.4 is 4.90 Å². The van der Waals surface area contributed by atoms with Crippen molar-refractivity contribution < 1.29 is 49.6 Å². The van der Waals surface area contributed by atoms with Crippen molar-refractivity contribution in [2.24, 2.45) is 11.8 Å². The third-order valence-electron chi connectivity index (χ3n) is 8.72. The molecule has 2 aliphatic rings. The van der Waals surface area contributed by atoms with Crippen LogP contribution in [-0.4, -0.2) is 110 Å². The van der Waals surface area contributed by atoms with Gasteiger partial charge in [0.25, 0.3) is 5.69 Å². The molecule has 15 nitrogen and oxygen atoms in total. The summed E-state index contributed by atoms with van der Waals surface area (Å²) in [6.45, 7) is 4.97. The second-order valence-corrected chi connectivity index (χ2v) is 12.0. The second-order valence-electron chi connectivity index (χ2n) is 11.6. The molecule has 0 saturated carbocycles. The highest BCUT2D eigenvalue weighted by molar-refractivity contribution is 6.33. The molecule has 0 bridgehead atoms. The number of anilines is 1. The molecule has 2 aromatic rings. The highest BCUT2D eigenvalue weighted by Gasteiger charge is 2.48. The fourth-order valence-corrected chi connectivity index (χ4v) is 6.80. The number of hydrogen-bond acceptors (Lipinski definition) is 10. The van der Waals surface area contributed by atoms with E-state index in [2.05, 4.69) is 4.90 Å². The molecule has 16 heteroatoms. The molecule has 2 heterocycles. The normalized spacial score (nSPS) is 16.9. The number of benzene rings is 2. The van der Waals surface area contributed by atoms with E-state index < -0.39 is 58.3 Å². The first-order valence-electron chi connectivity index (χ1n) is 14.9. The lowest BCUT2D eigenvalue weighted by Crippen LogP contribution is -2.50. The number of nitro groups is 1. The number of nitrogens with zero attached hydrogens (tertiary/aromatic N) is 4. The predicted octanol–water partition coefficient (Wildman–Crippen LogP) is 2.95. The number of piperazine rings is 1. The van der Waals surface area contributed by atoms with Crippen molar-refractivity contribution in [2.45, 2.75) is 25.9 Å². The van der Waals surface area contributed by atoms with Gasteiger partial charge in [0, 0.05) is 68.7 Å². The molecule has 1 atom stereocenters. The molecule has 4 rings (SSSR count). The predicted molar refractivity (Wildman–Crippen MR) is 172 cm³/mol. The minimum atomic E-state index is -2.29. The standard InChI is InChI=1S/C32H35ClN4O11/c1-17-24(27(29(39)40)30(41)42)26(19-6-5-7-20(14-19)37(47)48)25(28(31(43)44)32(45)46)18(2)36(17)16-21(38)15-34-10-12-35(13-11-34)23-9-4-3-8-22(23)33/h3-9,14,21,26-28,38H,10-13,15-16H2,1-2H3,(H,39,40)(H,41,42)(H,43,44)(H,45,46). The monoisotopic (exact) mass is 686 g/mol. The van der Waals surface area contributed by atoms with E-state index >= 15 is 0 Å². The molecule has 1 fully saturated rings. The average Bonchev–Trinajstić information content (AvgIpc) is 3.01. The fourth-order valence-electron chi connectivity index (χ4n) is 6.54. The Hall–Kier alpha value is -4.99. The third-order valence-corrected chi connectivity index (χ3v) is 9.04. The summed E-state index contributed by atoms with van der Waals surface area (Å²) in [5, 5.41) is 63.8. The van der Waals surface area contributed by atoms with Crippen LogP contribution in [0.2, 0.25) is 5.02 Å². The van der Waals surface area contributed by atoms with Gasteiger partial charge in [-0.15, -0.1) is 0 Å². The maximum absolute atomic E-state index is 12.4. The van der Waals surface area contributed by atoms with Crippen LogP contribution in [0.25, 0.3) is 0 Å². The quantitative estimate of drug-likeness (QED) is 0.116. The number of aliphatic hydroxyl groups is 1. The Morgan fingerprint density at radius 2 is 1.35 bits per heavy atom. The molecule has 48 heavy (non-hydrogen) atoms. The number of carboxylic acid groups (broad SMARTS) is 4. The van der Waals surface area contributed by atoms with Gasteiger partial charge in [-0.3, -0.25) is 34.2 Å². The maximum Gasteiger partial charge on any atom is 0.322 e. The number of carboxylic acids is 4. The minimum absolute atomic E-state index is 0.0275. The fraction of sp³-hybridized carbons (Fsp3) is 0.375. The second kappa shape index (κ2) is 14.8. The van der Waals surface area contributed by atoms with Gasteiger partial charge < -0.3 is 35.3 Å². The Labute approximate surface area is 279 Å². The zero-order chi connectivity index (χ0) is 35.4. The number of allylic oxidation sites excluding steroid dienone is 2. The number of para-hydroxylation sites is 1. The Kier molecular flexibility index (Phi) is 11.1. The van der Waals surface area contributed by atoms with Crippen LogP contribution >= 0.6 is 11.6 Å². The summed E-state index contributed by atoms with van der Waals surface area (Å²) in [6.07, 6.45) is -1.14. The first kappa shape index (κ1) is 35.9. The van der Waals surface area contributed by atoms with Crippen molar-refractivity contribution in [1.82, 2.24) is 9.80 Å². The number of halogens is 1. The lowest BCUT2D eigenvalue weighted by Gasteiger charge is -2.43. The topological polar surface area (TPSA) is 222 Å². The number of carbonyl (C=O) groups is 4. The summed E-state index contributed by atoms with van der Waals surface area (Å²) in [5.74, 6) is -13.4. The molecular weight excluding hydrogens is 652 g/mol. The summed E-state index contributed by atoms with van der Waals surface area (Å²) in [6, 6.07) is 12.1. The summed E-state index contributed by atoms with van der Waals surface area (Å²) in [5.41, 5.74) is -0.360. The molecule has 256 valence electrons. The van der Waals surface area contributed by atoms with Gasteiger partial charge in [-0.05, 0) is 42.7 Å². The number of aliphatic hydroxyl groups excluding tert-OH is 1. The number of β-amino-alcohol motifs (C(OH)–C–C–N with tert-alkyl or cyclic N) is 1. The van der Waals surface area contributed by atoms with Gasteiger partial charge in [0.15, 0.2) is 11.8 Å². The SMILES string of the molecule is CC1=C(C(C(=O)O)C(=O)O)C(c2cccc([N+](=O)[O-])c2)C(C(C(=O)O)C(=O)O)=C(C)N1CC(O)CN1CCN(c2ccccc2Cl)CC1. The van der Waals surface area contributed by atoms with E-state index in [1.54, 1.807) is 6.07 Å². The van der Waals surface area contributed by atoms with Gasteiger partial charge in [0.1, 0.15) is 0 Å². The van der Waals surface area contributed by atoms with Crippen LogP contribution in [0.3, 0.4) is 0 Å². The molecule has 0 aromatic heterocycles. The van der Waals surface area contributed by atoms with Crippen molar-refractivity contribution in [3.8, 4) is 0 Å². The molecule has 1 unspecified atom stereocenters. The number of aliphatic carboxylic acids is 4. The number of rotatable bonds is 13. The summed E-state index contributed by atoms with van der Waals surface area (Å²) < 4.78 is 0. The highest BCUT2D eigenvalue weighted by atomic mass is 35.5. The Balaban J connectivity index is 1.76. The van der Waals surface area contributed by atoms with Crippen LogP contribution in [0, 0.1) is 22.0 Å². The molecule has 2 aromatic carbocycles. The zero-order valence-corrected chi connectivity index (χ0v) is 26.8. The lowest BCUT2D eigenvalue weighted by atomic mass is 9.70. The van der Waals surface area contributed by atoms with E-state index in [4.69, 9.17) is 11.6 Å². The Bertz CT molecular complexity index is 1600. The molecular formula is C32H35ClN4O11. The zero-order valence-electron chi connectivity index (χ0n) is 26.0. The number of non-ortho nitro benzene ring substituents is 1. The van der Waals surface area contributed by atoms with Crippen LogP contribution in [0.1, 0.15) is 25.3 Å². The smallest absolute Gasteiger partial charge is 0.322 e. The lowest BCUT2D eigenvalue weighted by molar-refractivity contribution is -0.384. The molecule has 1 saturated heterocycles. The van der Waals surface area contributed by atoms with Crippen molar-refractivity contribution in [3.63, 3.8) is 0 Å². The molecule has 2 aliphatic heterocycles. The van der Waals surface area contributed by atoms with Crippen LogP contribution in [0.4, 0.5) is 11.4 Å². The van der Waals surface area contributed by atoms with Crippen LogP contribution in [0.15, 0.2) is 71.1 Å². The van der Waals surface area contributed by atoms with Crippen LogP contribution in [-0.2, 0) is 19.2 Å². The maximum atomic E-state index is 12.4. The molecule has 0 amide bonds. The van der Waals surface area contributed by atoms with E-state index in [9.17, 15) is 54.8 Å². The summed E-state index contributed by atoms with van der Waals surface area (Å²) in [4.78, 5) is 66.1. The highest BCUT2D eigenvalue weighted by Crippen LogP contribution is 2.48. The van der Waals surface area contributed by atoms with Gasteiger partial charge in [-0.2, -0.15) is 0 Å². The van der Waals surface area contributed by atoms with Crippen molar-refractivity contribution >= 4 is 46.9 Å². The molecule has 0 spiro atoms. The molecule has 0 radical (unpaired) electrons. The van der Waals surface area contributed by atoms with Gasteiger partial charge in [-0.1, -0.05) is 35.9 Å². The Morgan fingerprint density at radius 3 is 1.83 bits per heavy atom. The van der Waals surface area contributed by atoms with Crippen molar-refractivity contribution in [3.05, 3.63) is 91.8 Å². The minimum Gasteiger partial charge on any atom is -0.480 e. The van der Waals surface area contributed by atoms with Gasteiger partial charge in [0.2, 0.25) is 0 Å². The average molecular weight is 687 g/mol. The Morgan fingerprint density at radius 1 is 0.833 bits per heavy atom. The first-order chi connectivity index (χ1) is 22.6. The van der Waals surface area contributed by atoms with Crippen molar-refractivity contribution in [2.75, 3.05) is 44.2 Å². The van der Waals surface area contributed by atoms with E-state index in [0.717, 1.165) is 17.8 Å². The number of hydrogen-bond donors (Lipinski definition) is 5. The van der Waals surface area contributed by atoms with E-state index in [0.29, 0.717) is 31.2 Å². The van der Waals surface area contributed by atoms with Gasteiger partial charge >= 0.3 is 23.9 Å². The van der Waals surface area contributed by atoms with Crippen LogP contribution in [0.5, 0.6) is 0 Å². The van der Waals surface area contributed by atoms with E-state index in [1.165, 1.54) is 30.9 Å². The molecule has 0 aliphatic carbocycles. The largest absolute Gasteiger partial charge is 0.480 e. The molecule has 5 N–H and O–H groups in total. The third kappa shape index (κ3) is 7.43.